The Balaban J connectivity index is 0.000000671. The normalized spacial score (nSPS) is 17.6. The third-order valence-electron chi connectivity index (χ3n) is 2.00. The minimum Gasteiger partial charge on any atom is -0.379 e. The zero-order chi connectivity index (χ0) is 9.94. The second kappa shape index (κ2) is 9.71. The van der Waals surface area contributed by atoms with Gasteiger partial charge >= 0.3 is 0 Å². The third-order valence-corrected chi connectivity index (χ3v) is 2.00. The second-order valence-corrected chi connectivity index (χ2v) is 2.91. The van der Waals surface area contributed by atoms with Crippen LogP contribution in [0, 0.1) is 0 Å². The molecule has 1 saturated heterocycles. The lowest BCUT2D eigenvalue weighted by Crippen LogP contribution is -2.37. The van der Waals surface area contributed by atoms with Crippen LogP contribution in [0.15, 0.2) is 13.2 Å². The number of ether oxygens (including phenoxy) is 1. The van der Waals surface area contributed by atoms with Crippen molar-refractivity contribution in [2.24, 2.45) is 0 Å². The molecule has 0 aromatic carbocycles. The quantitative estimate of drug-likeness (QED) is 0.517. The van der Waals surface area contributed by atoms with Gasteiger partial charge in [-0.25, -0.2) is 0 Å². The van der Waals surface area contributed by atoms with Crippen LogP contribution in [0.5, 0.6) is 0 Å². The first kappa shape index (κ1) is 12.6. The van der Waals surface area contributed by atoms with Crippen LogP contribution in [0.4, 0.5) is 0 Å². The van der Waals surface area contributed by atoms with E-state index in [9.17, 15) is 0 Å². The van der Waals surface area contributed by atoms with E-state index in [1.54, 1.807) is 0 Å². The summed E-state index contributed by atoms with van der Waals surface area (Å²) in [6.45, 7) is 12.4. The molecule has 1 heterocycles. The smallest absolute Gasteiger partial charge is 0.0594 e. The van der Waals surface area contributed by atoms with Crippen LogP contribution in [0.25, 0.3) is 0 Å². The molecule has 1 N–H and O–H groups in total. The summed E-state index contributed by atoms with van der Waals surface area (Å²) >= 11 is 0. The molecule has 0 unspecified atom stereocenters. The molecule has 0 spiro atoms. The number of nitrogens with one attached hydrogen (secondary N) is 1. The van der Waals surface area contributed by atoms with Gasteiger partial charge in [0, 0.05) is 13.1 Å². The molecular formula is C10H22N2O. The summed E-state index contributed by atoms with van der Waals surface area (Å²) in [5.41, 5.74) is 0. The molecule has 0 saturated carbocycles. The minimum atomic E-state index is 0.916. The number of hydrogen-bond acceptors (Lipinski definition) is 3. The van der Waals surface area contributed by atoms with E-state index in [2.05, 4.69) is 23.4 Å². The summed E-state index contributed by atoms with van der Waals surface area (Å²) in [5, 5.41) is 3.15. The van der Waals surface area contributed by atoms with Gasteiger partial charge in [0.1, 0.15) is 0 Å². The van der Waals surface area contributed by atoms with Crippen molar-refractivity contribution in [3.05, 3.63) is 13.2 Å². The lowest BCUT2D eigenvalue weighted by molar-refractivity contribution is 0.0375. The fourth-order valence-electron chi connectivity index (χ4n) is 1.30. The van der Waals surface area contributed by atoms with Gasteiger partial charge in [0.25, 0.3) is 0 Å². The Labute approximate surface area is 81.8 Å². The number of hydrogen-bond donors (Lipinski definition) is 1. The molecule has 3 nitrogen and oxygen atoms in total. The van der Waals surface area contributed by atoms with E-state index in [-0.39, 0.29) is 0 Å². The van der Waals surface area contributed by atoms with E-state index < -0.39 is 0 Å². The summed E-state index contributed by atoms with van der Waals surface area (Å²) in [4.78, 5) is 2.46. The molecule has 3 heteroatoms. The highest BCUT2D eigenvalue weighted by Crippen LogP contribution is 1.96. The average Bonchev–Trinajstić information content (AvgIpc) is 2.23. The first-order valence-electron chi connectivity index (χ1n) is 4.88. The van der Waals surface area contributed by atoms with Crippen molar-refractivity contribution in [3.8, 4) is 0 Å². The van der Waals surface area contributed by atoms with Gasteiger partial charge in [-0.05, 0) is 26.6 Å². The van der Waals surface area contributed by atoms with Gasteiger partial charge in [-0.1, -0.05) is 0 Å². The Morgan fingerprint density at radius 3 is 2.46 bits per heavy atom. The zero-order valence-electron chi connectivity index (χ0n) is 8.72. The Bertz CT molecular complexity index is 103. The van der Waals surface area contributed by atoms with Crippen molar-refractivity contribution in [1.82, 2.24) is 10.2 Å². The molecule has 13 heavy (non-hydrogen) atoms. The number of rotatable bonds is 4. The predicted molar refractivity (Wildman–Crippen MR) is 57.1 cm³/mol. The molecule has 1 fully saturated rings. The van der Waals surface area contributed by atoms with Crippen LogP contribution in [-0.4, -0.2) is 51.3 Å². The van der Waals surface area contributed by atoms with E-state index in [1.165, 1.54) is 13.0 Å². The van der Waals surface area contributed by atoms with Gasteiger partial charge in [-0.3, -0.25) is 4.90 Å². The van der Waals surface area contributed by atoms with Crippen molar-refractivity contribution in [2.45, 2.75) is 6.42 Å². The highest BCUT2D eigenvalue weighted by atomic mass is 16.5. The Hall–Kier alpha value is -0.380. The SMILES string of the molecule is C=C.CNCCCN1CCOCC1. The maximum Gasteiger partial charge on any atom is 0.0594 e. The van der Waals surface area contributed by atoms with Crippen molar-refractivity contribution < 1.29 is 4.74 Å². The lowest BCUT2D eigenvalue weighted by Gasteiger charge is -2.26. The first-order valence-corrected chi connectivity index (χ1v) is 4.88. The van der Waals surface area contributed by atoms with Gasteiger partial charge in [-0.15, -0.1) is 13.2 Å². The monoisotopic (exact) mass is 186 g/mol. The molecule has 0 aromatic heterocycles. The lowest BCUT2D eigenvalue weighted by atomic mass is 10.3. The van der Waals surface area contributed by atoms with E-state index in [0.717, 1.165) is 32.8 Å². The summed E-state index contributed by atoms with van der Waals surface area (Å²) in [6, 6.07) is 0. The summed E-state index contributed by atoms with van der Waals surface area (Å²) < 4.78 is 5.25. The number of nitrogens with zero attached hydrogens (tertiary/aromatic N) is 1. The molecule has 78 valence electrons. The van der Waals surface area contributed by atoms with Gasteiger partial charge in [-0.2, -0.15) is 0 Å². The van der Waals surface area contributed by atoms with Crippen LogP contribution in [0.2, 0.25) is 0 Å². The van der Waals surface area contributed by atoms with Gasteiger partial charge in [0.05, 0.1) is 13.2 Å². The van der Waals surface area contributed by atoms with Crippen LogP contribution >= 0.6 is 0 Å². The fourth-order valence-corrected chi connectivity index (χ4v) is 1.30. The highest BCUT2D eigenvalue weighted by molar-refractivity contribution is 4.61. The average molecular weight is 186 g/mol. The Kier molecular flexibility index (Phi) is 9.42. The van der Waals surface area contributed by atoms with Gasteiger partial charge in [0.15, 0.2) is 0 Å². The zero-order valence-corrected chi connectivity index (χ0v) is 8.72. The van der Waals surface area contributed by atoms with E-state index in [0.29, 0.717) is 0 Å². The fraction of sp³-hybridized carbons (Fsp3) is 0.800. The molecule has 0 radical (unpaired) electrons. The van der Waals surface area contributed by atoms with Crippen LogP contribution in [0.3, 0.4) is 0 Å². The van der Waals surface area contributed by atoms with Crippen molar-refractivity contribution >= 4 is 0 Å². The van der Waals surface area contributed by atoms with E-state index >= 15 is 0 Å². The minimum absolute atomic E-state index is 0.916. The van der Waals surface area contributed by atoms with Gasteiger partial charge in [0.2, 0.25) is 0 Å². The molecule has 1 aliphatic heterocycles. The molecule has 1 aliphatic rings. The molecule has 0 bridgehead atoms. The Morgan fingerprint density at radius 1 is 1.31 bits per heavy atom. The van der Waals surface area contributed by atoms with Crippen LogP contribution < -0.4 is 5.32 Å². The maximum atomic E-state index is 5.25. The maximum absolute atomic E-state index is 5.25. The number of morpholine rings is 1. The molecule has 1 rings (SSSR count). The molecule has 0 aromatic rings. The standard InChI is InChI=1S/C8H18N2O.C2H4/c1-9-3-2-4-10-5-7-11-8-6-10;1-2/h9H,2-8H2,1H3;1-2H2. The second-order valence-electron chi connectivity index (χ2n) is 2.91. The third kappa shape index (κ3) is 6.75. The Morgan fingerprint density at radius 2 is 1.92 bits per heavy atom. The molecule has 0 atom stereocenters. The summed E-state index contributed by atoms with van der Waals surface area (Å²) in [5.74, 6) is 0. The molecule has 0 aliphatic carbocycles. The van der Waals surface area contributed by atoms with E-state index in [4.69, 9.17) is 4.74 Å². The predicted octanol–water partition coefficient (Wildman–Crippen LogP) is 0.730. The molecular weight excluding hydrogens is 164 g/mol. The van der Waals surface area contributed by atoms with Crippen LogP contribution in [-0.2, 0) is 4.74 Å². The topological polar surface area (TPSA) is 24.5 Å². The summed E-state index contributed by atoms with van der Waals surface area (Å²) in [6.07, 6.45) is 1.25. The van der Waals surface area contributed by atoms with E-state index in [1.807, 2.05) is 7.05 Å². The van der Waals surface area contributed by atoms with Crippen molar-refractivity contribution in [1.29, 1.82) is 0 Å². The first-order chi connectivity index (χ1) is 6.43. The molecule has 0 amide bonds. The van der Waals surface area contributed by atoms with Crippen molar-refractivity contribution in [3.63, 3.8) is 0 Å². The summed E-state index contributed by atoms with van der Waals surface area (Å²) in [7, 11) is 2.00. The van der Waals surface area contributed by atoms with Crippen molar-refractivity contribution in [2.75, 3.05) is 46.4 Å². The highest BCUT2D eigenvalue weighted by Gasteiger charge is 2.08. The largest absolute Gasteiger partial charge is 0.379 e. The van der Waals surface area contributed by atoms with Crippen LogP contribution in [0.1, 0.15) is 6.42 Å². The van der Waals surface area contributed by atoms with Gasteiger partial charge < -0.3 is 10.1 Å².